The molecule has 0 atom stereocenters. The van der Waals surface area contributed by atoms with Gasteiger partial charge in [0.05, 0.1) is 10.9 Å². The van der Waals surface area contributed by atoms with E-state index in [1.165, 1.54) is 65.3 Å². The SMILES string of the molecule is c1ccc(-c2ccc3ccc4c(-c5cccc(-n6c7ccccc7c7c8ccccc8oc76)c5)ccc5ccc2c3c54)cc1. The first-order valence-corrected chi connectivity index (χ1v) is 15.1. The predicted octanol–water partition coefficient (Wildman–Crippen LogP) is 11.8. The van der Waals surface area contributed by atoms with Crippen LogP contribution in [0.15, 0.2) is 156 Å². The van der Waals surface area contributed by atoms with Crippen molar-refractivity contribution >= 4 is 65.3 Å². The fourth-order valence-corrected chi connectivity index (χ4v) is 7.43. The van der Waals surface area contributed by atoms with Crippen molar-refractivity contribution in [1.29, 1.82) is 0 Å². The van der Waals surface area contributed by atoms with Gasteiger partial charge in [-0.05, 0) is 78.8 Å². The first-order valence-electron chi connectivity index (χ1n) is 15.1. The summed E-state index contributed by atoms with van der Waals surface area (Å²) in [5, 5.41) is 11.3. The molecule has 0 saturated heterocycles. The summed E-state index contributed by atoms with van der Waals surface area (Å²) in [4.78, 5) is 0. The Kier molecular flexibility index (Phi) is 4.75. The van der Waals surface area contributed by atoms with Crippen LogP contribution in [0.2, 0.25) is 0 Å². The van der Waals surface area contributed by atoms with E-state index >= 15 is 0 Å². The average molecular weight is 560 g/mol. The Bertz CT molecular complexity index is 2710. The van der Waals surface area contributed by atoms with Gasteiger partial charge in [-0.2, -0.15) is 0 Å². The average Bonchev–Trinajstić information content (AvgIpc) is 3.62. The van der Waals surface area contributed by atoms with Crippen LogP contribution in [-0.2, 0) is 0 Å². The van der Waals surface area contributed by atoms with Crippen LogP contribution in [0.4, 0.5) is 0 Å². The largest absolute Gasteiger partial charge is 0.439 e. The third-order valence-electron chi connectivity index (χ3n) is 9.36. The number of hydrogen-bond donors (Lipinski definition) is 0. The molecule has 0 aliphatic rings. The molecule has 0 spiro atoms. The van der Waals surface area contributed by atoms with E-state index in [4.69, 9.17) is 4.42 Å². The molecular formula is C42H25NO. The maximum absolute atomic E-state index is 6.53. The smallest absolute Gasteiger partial charge is 0.213 e. The highest BCUT2D eigenvalue weighted by atomic mass is 16.3. The molecule has 0 unspecified atom stereocenters. The standard InChI is InChI=1S/C42H25NO/c1-2-9-26(10-3-1)31-21-17-27-20-24-34-32(22-18-28-19-23-33(31)39(27)40(28)34)29-11-8-12-30(25-29)43-37-15-6-4-13-35(37)41-36-14-5-7-16-38(36)44-42(41)43/h1-25H. The van der Waals surface area contributed by atoms with Crippen molar-refractivity contribution in [1.82, 2.24) is 4.57 Å². The fraction of sp³-hybridized carbons (Fsp3) is 0. The Morgan fingerprint density at radius 1 is 0.409 bits per heavy atom. The second-order valence-electron chi connectivity index (χ2n) is 11.7. The van der Waals surface area contributed by atoms with Crippen LogP contribution < -0.4 is 0 Å². The lowest BCUT2D eigenvalue weighted by Gasteiger charge is -2.17. The minimum Gasteiger partial charge on any atom is -0.439 e. The van der Waals surface area contributed by atoms with Crippen LogP contribution in [0.25, 0.3) is 93.2 Å². The molecule has 2 aromatic heterocycles. The minimum atomic E-state index is 0.883. The number of fused-ring (bicyclic) bond motifs is 5. The molecule has 0 N–H and O–H groups in total. The molecule has 0 bridgehead atoms. The molecule has 0 saturated carbocycles. The van der Waals surface area contributed by atoms with Gasteiger partial charge < -0.3 is 4.42 Å². The van der Waals surface area contributed by atoms with E-state index in [1.54, 1.807) is 0 Å². The number of benzene rings is 8. The molecular weight excluding hydrogens is 534 g/mol. The van der Waals surface area contributed by atoms with Gasteiger partial charge in [0.25, 0.3) is 0 Å². The van der Waals surface area contributed by atoms with E-state index in [-0.39, 0.29) is 0 Å². The number of nitrogens with zero attached hydrogens (tertiary/aromatic N) is 1. The third-order valence-corrected chi connectivity index (χ3v) is 9.36. The highest BCUT2D eigenvalue weighted by molar-refractivity contribution is 6.27. The Hall–Kier alpha value is -5.86. The van der Waals surface area contributed by atoms with Crippen molar-refractivity contribution in [3.63, 3.8) is 0 Å². The Morgan fingerprint density at radius 2 is 1.02 bits per heavy atom. The summed E-state index contributed by atoms with van der Waals surface area (Å²) in [7, 11) is 0. The zero-order valence-electron chi connectivity index (χ0n) is 23.8. The van der Waals surface area contributed by atoms with Crippen LogP contribution >= 0.6 is 0 Å². The van der Waals surface area contributed by atoms with Crippen molar-refractivity contribution in [2.75, 3.05) is 0 Å². The van der Waals surface area contributed by atoms with Crippen molar-refractivity contribution in [2.24, 2.45) is 0 Å². The molecule has 0 aliphatic carbocycles. The summed E-state index contributed by atoms with van der Waals surface area (Å²) in [5.74, 6) is 0. The summed E-state index contributed by atoms with van der Waals surface area (Å²) in [6, 6.07) is 54.8. The molecule has 2 heteroatoms. The summed E-state index contributed by atoms with van der Waals surface area (Å²) >= 11 is 0. The van der Waals surface area contributed by atoms with Gasteiger partial charge >= 0.3 is 0 Å². The molecule has 10 aromatic rings. The van der Waals surface area contributed by atoms with E-state index in [0.29, 0.717) is 0 Å². The Morgan fingerprint density at radius 3 is 1.80 bits per heavy atom. The van der Waals surface area contributed by atoms with Crippen LogP contribution in [0, 0.1) is 0 Å². The van der Waals surface area contributed by atoms with Gasteiger partial charge in [0.2, 0.25) is 5.71 Å². The lowest BCUT2D eigenvalue weighted by atomic mass is 9.87. The number of aromatic nitrogens is 1. The Labute approximate surface area is 253 Å². The zero-order chi connectivity index (χ0) is 28.8. The molecule has 0 amide bonds. The zero-order valence-corrected chi connectivity index (χ0v) is 23.8. The molecule has 2 nitrogen and oxygen atoms in total. The van der Waals surface area contributed by atoms with Crippen molar-refractivity contribution in [3.8, 4) is 27.9 Å². The molecule has 2 heterocycles. The fourth-order valence-electron chi connectivity index (χ4n) is 7.43. The second-order valence-corrected chi connectivity index (χ2v) is 11.7. The van der Waals surface area contributed by atoms with E-state index in [1.807, 2.05) is 6.07 Å². The van der Waals surface area contributed by atoms with Gasteiger partial charge in [-0.3, -0.25) is 4.57 Å². The number of hydrogen-bond acceptors (Lipinski definition) is 1. The molecule has 8 aromatic carbocycles. The summed E-state index contributed by atoms with van der Waals surface area (Å²) in [6.07, 6.45) is 0. The first kappa shape index (κ1) is 23.7. The third kappa shape index (κ3) is 3.20. The van der Waals surface area contributed by atoms with Gasteiger partial charge in [-0.25, -0.2) is 0 Å². The molecule has 0 fully saturated rings. The minimum absolute atomic E-state index is 0.883. The van der Waals surface area contributed by atoms with E-state index in [2.05, 4.69) is 150 Å². The summed E-state index contributed by atoms with van der Waals surface area (Å²) < 4.78 is 8.80. The van der Waals surface area contributed by atoms with E-state index in [9.17, 15) is 0 Å². The van der Waals surface area contributed by atoms with Crippen LogP contribution in [0.1, 0.15) is 0 Å². The molecule has 44 heavy (non-hydrogen) atoms. The monoisotopic (exact) mass is 559 g/mol. The first-order chi connectivity index (χ1) is 21.8. The van der Waals surface area contributed by atoms with Gasteiger partial charge in [-0.1, -0.05) is 127 Å². The molecule has 204 valence electrons. The van der Waals surface area contributed by atoms with Crippen LogP contribution in [-0.4, -0.2) is 4.57 Å². The second kappa shape index (κ2) is 8.82. The highest BCUT2D eigenvalue weighted by Gasteiger charge is 2.20. The van der Waals surface area contributed by atoms with E-state index in [0.717, 1.165) is 27.9 Å². The number of para-hydroxylation sites is 2. The van der Waals surface area contributed by atoms with Gasteiger partial charge in [0.1, 0.15) is 5.58 Å². The lowest BCUT2D eigenvalue weighted by molar-refractivity contribution is 0.645. The van der Waals surface area contributed by atoms with Crippen molar-refractivity contribution in [2.45, 2.75) is 0 Å². The van der Waals surface area contributed by atoms with Crippen LogP contribution in [0.5, 0.6) is 0 Å². The normalized spacial score (nSPS) is 12.1. The maximum Gasteiger partial charge on any atom is 0.213 e. The number of furan rings is 1. The molecule has 10 rings (SSSR count). The Balaban J connectivity index is 1.23. The van der Waals surface area contributed by atoms with Crippen LogP contribution in [0.3, 0.4) is 0 Å². The van der Waals surface area contributed by atoms with Gasteiger partial charge in [0.15, 0.2) is 0 Å². The topological polar surface area (TPSA) is 18.1 Å². The van der Waals surface area contributed by atoms with Gasteiger partial charge in [0, 0.05) is 16.5 Å². The quantitative estimate of drug-likeness (QED) is 0.197. The van der Waals surface area contributed by atoms with Crippen molar-refractivity contribution < 1.29 is 4.42 Å². The maximum atomic E-state index is 6.53. The summed E-state index contributed by atoms with van der Waals surface area (Å²) in [5.41, 5.74) is 8.96. The molecule has 0 radical (unpaired) electrons. The molecule has 0 aliphatic heterocycles. The highest BCUT2D eigenvalue weighted by Crippen LogP contribution is 2.43. The lowest BCUT2D eigenvalue weighted by Crippen LogP contribution is -1.94. The van der Waals surface area contributed by atoms with Gasteiger partial charge in [-0.15, -0.1) is 0 Å². The summed E-state index contributed by atoms with van der Waals surface area (Å²) in [6.45, 7) is 0. The van der Waals surface area contributed by atoms with E-state index < -0.39 is 0 Å². The number of rotatable bonds is 3. The van der Waals surface area contributed by atoms with Crippen molar-refractivity contribution in [3.05, 3.63) is 152 Å². The predicted molar refractivity (Wildman–Crippen MR) is 185 cm³/mol.